The second-order valence-electron chi connectivity index (χ2n) is 3.48. The van der Waals surface area contributed by atoms with Crippen LogP contribution in [0.15, 0.2) is 18.2 Å². The molecule has 2 N–H and O–H groups in total. The first-order valence-corrected chi connectivity index (χ1v) is 5.87. The SMILES string of the molecule is CCc1ccc2c(CC)c(N)sc2c1. The molecular formula is C12H15NS. The highest BCUT2D eigenvalue weighted by atomic mass is 32.1. The van der Waals surface area contributed by atoms with Crippen molar-refractivity contribution in [1.82, 2.24) is 0 Å². The fourth-order valence-electron chi connectivity index (χ4n) is 1.80. The summed E-state index contributed by atoms with van der Waals surface area (Å²) in [5.41, 5.74) is 8.68. The summed E-state index contributed by atoms with van der Waals surface area (Å²) in [6, 6.07) is 6.67. The smallest absolute Gasteiger partial charge is 0.0901 e. The van der Waals surface area contributed by atoms with Gasteiger partial charge in [-0.15, -0.1) is 11.3 Å². The molecule has 2 heteroatoms. The summed E-state index contributed by atoms with van der Waals surface area (Å²) >= 11 is 1.71. The molecule has 0 amide bonds. The molecule has 1 nitrogen and oxygen atoms in total. The first kappa shape index (κ1) is 9.53. The molecule has 2 aromatic rings. The molecule has 14 heavy (non-hydrogen) atoms. The van der Waals surface area contributed by atoms with Crippen LogP contribution in [0.5, 0.6) is 0 Å². The van der Waals surface area contributed by atoms with Gasteiger partial charge in [-0.3, -0.25) is 0 Å². The highest BCUT2D eigenvalue weighted by Gasteiger charge is 2.07. The molecule has 0 aliphatic heterocycles. The zero-order chi connectivity index (χ0) is 10.1. The molecule has 0 bridgehead atoms. The molecule has 0 fully saturated rings. The van der Waals surface area contributed by atoms with Gasteiger partial charge < -0.3 is 5.73 Å². The van der Waals surface area contributed by atoms with E-state index in [9.17, 15) is 0 Å². The summed E-state index contributed by atoms with van der Waals surface area (Å²) in [5.74, 6) is 0. The fourth-order valence-corrected chi connectivity index (χ4v) is 2.92. The molecule has 0 saturated carbocycles. The molecule has 0 radical (unpaired) electrons. The number of thiophene rings is 1. The van der Waals surface area contributed by atoms with Crippen molar-refractivity contribution in [2.45, 2.75) is 26.7 Å². The molecule has 74 valence electrons. The van der Waals surface area contributed by atoms with Gasteiger partial charge in [0.2, 0.25) is 0 Å². The Morgan fingerprint density at radius 2 is 2.00 bits per heavy atom. The van der Waals surface area contributed by atoms with Crippen molar-refractivity contribution < 1.29 is 0 Å². The van der Waals surface area contributed by atoms with Gasteiger partial charge in [0.05, 0.1) is 5.00 Å². The minimum Gasteiger partial charge on any atom is -0.390 e. The zero-order valence-electron chi connectivity index (χ0n) is 8.63. The number of rotatable bonds is 2. The van der Waals surface area contributed by atoms with Gasteiger partial charge in [0.1, 0.15) is 0 Å². The second kappa shape index (κ2) is 3.62. The maximum Gasteiger partial charge on any atom is 0.0901 e. The topological polar surface area (TPSA) is 26.0 Å². The van der Waals surface area contributed by atoms with E-state index in [0.717, 1.165) is 17.8 Å². The summed E-state index contributed by atoms with van der Waals surface area (Å²) in [4.78, 5) is 0. The predicted molar refractivity (Wildman–Crippen MR) is 65.0 cm³/mol. The van der Waals surface area contributed by atoms with E-state index in [1.54, 1.807) is 11.3 Å². The van der Waals surface area contributed by atoms with Gasteiger partial charge in [0.15, 0.2) is 0 Å². The molecule has 0 saturated heterocycles. The third-order valence-electron chi connectivity index (χ3n) is 2.65. The van der Waals surface area contributed by atoms with E-state index in [-0.39, 0.29) is 0 Å². The van der Waals surface area contributed by atoms with Crippen LogP contribution in [0.1, 0.15) is 25.0 Å². The summed E-state index contributed by atoms with van der Waals surface area (Å²) in [6.45, 7) is 4.34. The van der Waals surface area contributed by atoms with Crippen molar-refractivity contribution in [3.05, 3.63) is 29.3 Å². The van der Waals surface area contributed by atoms with E-state index < -0.39 is 0 Å². The van der Waals surface area contributed by atoms with Crippen LogP contribution in [0.4, 0.5) is 5.00 Å². The maximum atomic E-state index is 5.97. The highest BCUT2D eigenvalue weighted by molar-refractivity contribution is 7.22. The number of hydrogen-bond acceptors (Lipinski definition) is 2. The van der Waals surface area contributed by atoms with Crippen molar-refractivity contribution in [2.24, 2.45) is 0 Å². The Kier molecular flexibility index (Phi) is 2.46. The lowest BCUT2D eigenvalue weighted by atomic mass is 10.1. The maximum absolute atomic E-state index is 5.97. The van der Waals surface area contributed by atoms with Crippen LogP contribution in [0.3, 0.4) is 0 Å². The number of benzene rings is 1. The molecule has 0 spiro atoms. The van der Waals surface area contributed by atoms with Gasteiger partial charge >= 0.3 is 0 Å². The molecule has 1 heterocycles. The Bertz CT molecular complexity index is 457. The first-order chi connectivity index (χ1) is 6.76. The van der Waals surface area contributed by atoms with E-state index in [2.05, 4.69) is 32.0 Å². The Balaban J connectivity index is 2.68. The molecule has 1 aromatic heterocycles. The van der Waals surface area contributed by atoms with Crippen molar-refractivity contribution in [3.63, 3.8) is 0 Å². The molecule has 0 aliphatic rings. The van der Waals surface area contributed by atoms with E-state index in [4.69, 9.17) is 5.73 Å². The summed E-state index contributed by atoms with van der Waals surface area (Å²) in [6.07, 6.45) is 2.12. The molecule has 1 aromatic carbocycles. The van der Waals surface area contributed by atoms with Crippen LogP contribution >= 0.6 is 11.3 Å². The number of anilines is 1. The van der Waals surface area contributed by atoms with Crippen LogP contribution < -0.4 is 5.73 Å². The van der Waals surface area contributed by atoms with Crippen LogP contribution in [0, 0.1) is 0 Å². The molecule has 0 unspecified atom stereocenters. The largest absolute Gasteiger partial charge is 0.390 e. The summed E-state index contributed by atoms with van der Waals surface area (Å²) in [5, 5.41) is 2.32. The van der Waals surface area contributed by atoms with Crippen molar-refractivity contribution >= 4 is 26.4 Å². The minimum absolute atomic E-state index is 0.982. The highest BCUT2D eigenvalue weighted by Crippen LogP contribution is 2.34. The van der Waals surface area contributed by atoms with E-state index in [1.807, 2.05) is 0 Å². The minimum atomic E-state index is 0.982. The number of fused-ring (bicyclic) bond motifs is 1. The van der Waals surface area contributed by atoms with Gasteiger partial charge in [-0.05, 0) is 35.4 Å². The zero-order valence-corrected chi connectivity index (χ0v) is 9.45. The fraction of sp³-hybridized carbons (Fsp3) is 0.333. The Hall–Kier alpha value is -1.02. The van der Waals surface area contributed by atoms with E-state index in [1.165, 1.54) is 21.2 Å². The Labute approximate surface area is 88.6 Å². The van der Waals surface area contributed by atoms with Gasteiger partial charge in [0, 0.05) is 4.70 Å². The second-order valence-corrected chi connectivity index (χ2v) is 4.57. The number of aryl methyl sites for hydroxylation is 2. The van der Waals surface area contributed by atoms with Crippen LogP contribution in [-0.4, -0.2) is 0 Å². The van der Waals surface area contributed by atoms with Crippen molar-refractivity contribution in [2.75, 3.05) is 5.73 Å². The lowest BCUT2D eigenvalue weighted by molar-refractivity contribution is 1.14. The lowest BCUT2D eigenvalue weighted by Gasteiger charge is -1.98. The monoisotopic (exact) mass is 205 g/mol. The molecule has 0 aliphatic carbocycles. The van der Waals surface area contributed by atoms with E-state index >= 15 is 0 Å². The summed E-state index contributed by atoms with van der Waals surface area (Å²) < 4.78 is 1.33. The number of nitrogens with two attached hydrogens (primary N) is 1. The van der Waals surface area contributed by atoms with Gasteiger partial charge in [0.25, 0.3) is 0 Å². The lowest BCUT2D eigenvalue weighted by Crippen LogP contribution is -1.86. The van der Waals surface area contributed by atoms with Gasteiger partial charge in [-0.1, -0.05) is 26.0 Å². The van der Waals surface area contributed by atoms with Gasteiger partial charge in [-0.25, -0.2) is 0 Å². The van der Waals surface area contributed by atoms with Crippen LogP contribution in [0.2, 0.25) is 0 Å². The normalized spacial score (nSPS) is 11.0. The van der Waals surface area contributed by atoms with Crippen LogP contribution in [0.25, 0.3) is 10.1 Å². The summed E-state index contributed by atoms with van der Waals surface area (Å²) in [7, 11) is 0. The standard InChI is InChI=1S/C12H15NS/c1-3-8-5-6-10-9(4-2)12(13)14-11(10)7-8/h5-7H,3-4,13H2,1-2H3. The third kappa shape index (κ3) is 1.40. The van der Waals surface area contributed by atoms with Crippen molar-refractivity contribution in [1.29, 1.82) is 0 Å². The molecular weight excluding hydrogens is 190 g/mol. The average Bonchev–Trinajstić information content (AvgIpc) is 2.51. The van der Waals surface area contributed by atoms with Crippen molar-refractivity contribution in [3.8, 4) is 0 Å². The van der Waals surface area contributed by atoms with E-state index in [0.29, 0.717) is 0 Å². The quantitative estimate of drug-likeness (QED) is 0.796. The number of hydrogen-bond donors (Lipinski definition) is 1. The van der Waals surface area contributed by atoms with Crippen LogP contribution in [-0.2, 0) is 12.8 Å². The average molecular weight is 205 g/mol. The third-order valence-corrected chi connectivity index (χ3v) is 3.67. The Morgan fingerprint density at radius 1 is 1.21 bits per heavy atom. The first-order valence-electron chi connectivity index (χ1n) is 5.06. The van der Waals surface area contributed by atoms with Gasteiger partial charge in [-0.2, -0.15) is 0 Å². The molecule has 0 atom stereocenters. The Morgan fingerprint density at radius 3 is 2.64 bits per heavy atom. The predicted octanol–water partition coefficient (Wildman–Crippen LogP) is 3.61. The number of nitrogen functional groups attached to an aromatic ring is 1. The molecule has 2 rings (SSSR count).